The quantitative estimate of drug-likeness (QED) is 0.626. The van der Waals surface area contributed by atoms with E-state index in [0.717, 1.165) is 0 Å². The first-order valence-electron chi connectivity index (χ1n) is 5.75. The van der Waals surface area contributed by atoms with E-state index in [1.165, 1.54) is 21.2 Å². The molecule has 0 aliphatic heterocycles. The average molecular weight is 279 g/mol. The van der Waals surface area contributed by atoms with Crippen LogP contribution in [0.25, 0.3) is 6.08 Å². The number of halogens is 1. The van der Waals surface area contributed by atoms with Gasteiger partial charge in [-0.1, -0.05) is 68.7 Å². The topological polar surface area (TPSA) is 0 Å². The van der Waals surface area contributed by atoms with Gasteiger partial charge in [-0.2, -0.15) is 0 Å². The van der Waals surface area contributed by atoms with Gasteiger partial charge in [0.05, 0.1) is 0 Å². The third kappa shape index (κ3) is 1.75. The van der Waals surface area contributed by atoms with Gasteiger partial charge in [-0.3, -0.25) is 0 Å². The van der Waals surface area contributed by atoms with Crippen LogP contribution in [0, 0.1) is 0 Å². The van der Waals surface area contributed by atoms with Crippen LogP contribution < -0.4 is 0 Å². The summed E-state index contributed by atoms with van der Waals surface area (Å²) in [6.07, 6.45) is 2.24. The summed E-state index contributed by atoms with van der Waals surface area (Å²) in [5, 5.41) is 0. The summed E-state index contributed by atoms with van der Waals surface area (Å²) in [6, 6.07) is 6.85. The first-order valence-corrected chi connectivity index (χ1v) is 6.55. The molecule has 1 aromatic rings. The molecule has 0 spiro atoms. The molecular formula is C15H19Br. The van der Waals surface area contributed by atoms with E-state index in [1.54, 1.807) is 0 Å². The molecule has 0 atom stereocenters. The van der Waals surface area contributed by atoms with Crippen molar-refractivity contribution in [1.82, 2.24) is 0 Å². The van der Waals surface area contributed by atoms with Crippen molar-refractivity contribution >= 4 is 22.0 Å². The highest BCUT2D eigenvalue weighted by atomic mass is 79.9. The maximum Gasteiger partial charge on any atom is 0.0218 e. The fourth-order valence-corrected chi connectivity index (χ4v) is 2.60. The first kappa shape index (κ1) is 11.9. The molecule has 0 amide bonds. The minimum atomic E-state index is 0.122. The molecule has 16 heavy (non-hydrogen) atoms. The average Bonchev–Trinajstić information content (AvgIpc) is 2.37. The zero-order chi connectivity index (χ0) is 12.1. The largest absolute Gasteiger partial charge is 0.0579 e. The second-order valence-electron chi connectivity index (χ2n) is 6.17. The first-order chi connectivity index (χ1) is 7.23. The van der Waals surface area contributed by atoms with Gasteiger partial charge in [0.2, 0.25) is 0 Å². The minimum absolute atomic E-state index is 0.122. The molecule has 0 unspecified atom stereocenters. The third-order valence-electron chi connectivity index (χ3n) is 3.47. The molecule has 1 aliphatic rings. The van der Waals surface area contributed by atoms with Crippen LogP contribution in [0.1, 0.15) is 51.3 Å². The Labute approximate surface area is 107 Å². The lowest BCUT2D eigenvalue weighted by molar-refractivity contribution is 0.585. The second kappa shape index (κ2) is 3.46. The van der Waals surface area contributed by atoms with E-state index < -0.39 is 0 Å². The monoisotopic (exact) mass is 278 g/mol. The summed E-state index contributed by atoms with van der Waals surface area (Å²) in [6.45, 7) is 11.3. The summed E-state index contributed by atoms with van der Waals surface area (Å²) >= 11 is 3.68. The lowest BCUT2D eigenvalue weighted by atomic mass is 9.81. The van der Waals surface area contributed by atoms with Gasteiger partial charge in [0.15, 0.2) is 0 Å². The molecule has 0 saturated heterocycles. The Morgan fingerprint density at radius 1 is 1.12 bits per heavy atom. The van der Waals surface area contributed by atoms with Crippen LogP contribution in [0.5, 0.6) is 0 Å². The highest BCUT2D eigenvalue weighted by molar-refractivity contribution is 9.11. The van der Waals surface area contributed by atoms with Gasteiger partial charge < -0.3 is 0 Å². The van der Waals surface area contributed by atoms with Crippen molar-refractivity contribution in [3.63, 3.8) is 0 Å². The van der Waals surface area contributed by atoms with Gasteiger partial charge >= 0.3 is 0 Å². The van der Waals surface area contributed by atoms with E-state index in [9.17, 15) is 0 Å². The number of hydrogen-bond donors (Lipinski definition) is 0. The van der Waals surface area contributed by atoms with Gasteiger partial charge in [0, 0.05) is 9.90 Å². The second-order valence-corrected chi connectivity index (χ2v) is 7.02. The molecule has 0 bridgehead atoms. The molecule has 0 heterocycles. The highest BCUT2D eigenvalue weighted by Gasteiger charge is 2.32. The molecule has 1 aliphatic carbocycles. The molecule has 0 aromatic heterocycles. The van der Waals surface area contributed by atoms with E-state index in [2.05, 4.69) is 74.8 Å². The molecule has 0 saturated carbocycles. The Kier molecular flexibility index (Phi) is 2.58. The van der Waals surface area contributed by atoms with Crippen LogP contribution >= 0.6 is 15.9 Å². The molecule has 0 radical (unpaired) electrons. The predicted octanol–water partition coefficient (Wildman–Crippen LogP) is 5.01. The molecule has 1 aromatic carbocycles. The number of hydrogen-bond acceptors (Lipinski definition) is 0. The summed E-state index contributed by atoms with van der Waals surface area (Å²) in [5.74, 6) is 0. The van der Waals surface area contributed by atoms with E-state index in [1.807, 2.05) is 0 Å². The number of fused-ring (bicyclic) bond motifs is 1. The van der Waals surface area contributed by atoms with Gasteiger partial charge in [0.25, 0.3) is 0 Å². The number of rotatable bonds is 0. The van der Waals surface area contributed by atoms with Crippen molar-refractivity contribution in [1.29, 1.82) is 0 Å². The Morgan fingerprint density at radius 2 is 1.75 bits per heavy atom. The van der Waals surface area contributed by atoms with Gasteiger partial charge in [-0.15, -0.1) is 0 Å². The van der Waals surface area contributed by atoms with E-state index in [0.29, 0.717) is 0 Å². The van der Waals surface area contributed by atoms with Crippen LogP contribution in [0.15, 0.2) is 22.7 Å². The Balaban J connectivity index is 2.57. The van der Waals surface area contributed by atoms with Crippen molar-refractivity contribution in [3.8, 4) is 0 Å². The highest BCUT2D eigenvalue weighted by Crippen LogP contribution is 2.45. The standard InChI is InChI=1S/C15H19Br/c1-14(2,3)11-7-6-10-8-13(16)15(4,5)12(10)9-11/h6-9H,1-5H3. The summed E-state index contributed by atoms with van der Waals surface area (Å²) in [5.41, 5.74) is 4.54. The molecule has 2 rings (SSSR count). The van der Waals surface area contributed by atoms with E-state index >= 15 is 0 Å². The van der Waals surface area contributed by atoms with Crippen molar-refractivity contribution in [2.45, 2.75) is 45.4 Å². The van der Waals surface area contributed by atoms with Crippen molar-refractivity contribution in [2.24, 2.45) is 0 Å². The van der Waals surface area contributed by atoms with E-state index in [4.69, 9.17) is 0 Å². The number of benzene rings is 1. The summed E-state index contributed by atoms with van der Waals surface area (Å²) in [7, 11) is 0. The van der Waals surface area contributed by atoms with Crippen LogP contribution in [-0.2, 0) is 10.8 Å². The zero-order valence-electron chi connectivity index (χ0n) is 10.7. The Bertz CT molecular complexity index is 459. The summed E-state index contributed by atoms with van der Waals surface area (Å²) in [4.78, 5) is 0. The molecule has 0 N–H and O–H groups in total. The lowest BCUT2D eigenvalue weighted by Crippen LogP contribution is -2.17. The van der Waals surface area contributed by atoms with Crippen LogP contribution in [0.4, 0.5) is 0 Å². The zero-order valence-corrected chi connectivity index (χ0v) is 12.3. The fraction of sp³-hybridized carbons (Fsp3) is 0.467. The van der Waals surface area contributed by atoms with Gasteiger partial charge in [-0.25, -0.2) is 0 Å². The third-order valence-corrected chi connectivity index (χ3v) is 4.69. The van der Waals surface area contributed by atoms with Crippen LogP contribution in [-0.4, -0.2) is 0 Å². The lowest BCUT2D eigenvalue weighted by Gasteiger charge is -2.25. The SMILES string of the molecule is CC(C)(C)c1ccc2c(c1)C(C)(C)C(Br)=C2. The Hall–Kier alpha value is -0.560. The maximum absolute atomic E-state index is 3.68. The smallest absolute Gasteiger partial charge is 0.0218 e. The van der Waals surface area contributed by atoms with Crippen molar-refractivity contribution < 1.29 is 0 Å². The molecular weight excluding hydrogens is 260 g/mol. The van der Waals surface area contributed by atoms with Gasteiger partial charge in [-0.05, 0) is 28.2 Å². The minimum Gasteiger partial charge on any atom is -0.0579 e. The summed E-state index contributed by atoms with van der Waals surface area (Å²) < 4.78 is 1.28. The van der Waals surface area contributed by atoms with Crippen molar-refractivity contribution in [3.05, 3.63) is 39.4 Å². The molecule has 0 nitrogen and oxygen atoms in total. The van der Waals surface area contributed by atoms with Crippen molar-refractivity contribution in [2.75, 3.05) is 0 Å². The maximum atomic E-state index is 3.68. The molecule has 0 fully saturated rings. The predicted molar refractivity (Wildman–Crippen MR) is 75.1 cm³/mol. The molecule has 1 heteroatoms. The van der Waals surface area contributed by atoms with E-state index in [-0.39, 0.29) is 10.8 Å². The normalized spacial score (nSPS) is 18.2. The fourth-order valence-electron chi connectivity index (χ4n) is 2.14. The number of allylic oxidation sites excluding steroid dienone is 1. The van der Waals surface area contributed by atoms with Crippen LogP contribution in [0.3, 0.4) is 0 Å². The Morgan fingerprint density at radius 3 is 2.31 bits per heavy atom. The van der Waals surface area contributed by atoms with Crippen LogP contribution in [0.2, 0.25) is 0 Å². The molecule has 86 valence electrons. The van der Waals surface area contributed by atoms with Gasteiger partial charge in [0.1, 0.15) is 0 Å².